The van der Waals surface area contributed by atoms with Crippen molar-refractivity contribution in [3.8, 4) is 22.4 Å². The van der Waals surface area contributed by atoms with E-state index in [2.05, 4.69) is 44.7 Å². The maximum absolute atomic E-state index is 6.25. The van der Waals surface area contributed by atoms with Gasteiger partial charge in [-0.2, -0.15) is 0 Å². The zero-order valence-electron chi connectivity index (χ0n) is 19.3. The molecule has 0 aliphatic carbocycles. The quantitative estimate of drug-likeness (QED) is 0.225. The Morgan fingerprint density at radius 1 is 0.750 bits per heavy atom. The van der Waals surface area contributed by atoms with E-state index >= 15 is 0 Å². The fraction of sp³-hybridized carbons (Fsp3) is 0.138. The monoisotopic (exact) mass is 549 g/mol. The predicted molar refractivity (Wildman–Crippen MR) is 156 cm³/mol. The lowest BCUT2D eigenvalue weighted by molar-refractivity contribution is 0.647. The largest absolute Gasteiger partial charge is 0.345 e. The second-order valence-corrected chi connectivity index (χ2v) is 10.7. The number of aryl methyl sites for hydroxylation is 2. The summed E-state index contributed by atoms with van der Waals surface area (Å²) in [6.07, 6.45) is 5.41. The van der Waals surface area contributed by atoms with Crippen LogP contribution in [0.1, 0.15) is 24.1 Å². The standard InChI is InChI=1S/C29H22Cl3N3S/c30-20-8-4-18(5-9-20)25-17-35-27(28(36)33-23-14-12-22(32)13-15-23)26(19-6-10-21(31)11-7-19)24-3-1-2-16-34(25)29(24)35/h4-15,17H,1-3,16H2,(H,33,36). The molecule has 0 saturated carbocycles. The van der Waals surface area contributed by atoms with Gasteiger partial charge in [-0.25, -0.2) is 0 Å². The van der Waals surface area contributed by atoms with E-state index in [9.17, 15) is 0 Å². The number of halogens is 3. The summed E-state index contributed by atoms with van der Waals surface area (Å²) in [5, 5.41) is 5.58. The minimum atomic E-state index is 0.656. The van der Waals surface area contributed by atoms with Crippen LogP contribution in [0.2, 0.25) is 15.1 Å². The normalized spacial score (nSPS) is 13.1. The highest BCUT2D eigenvalue weighted by molar-refractivity contribution is 7.81. The third-order valence-electron chi connectivity index (χ3n) is 6.72. The Bertz CT molecular complexity index is 1580. The van der Waals surface area contributed by atoms with Gasteiger partial charge in [0.2, 0.25) is 0 Å². The van der Waals surface area contributed by atoms with Gasteiger partial charge in [0.15, 0.2) is 0 Å². The highest BCUT2D eigenvalue weighted by Crippen LogP contribution is 2.40. The first kappa shape index (κ1) is 23.6. The molecule has 2 aromatic heterocycles. The first-order valence-corrected chi connectivity index (χ1v) is 13.4. The molecular weight excluding hydrogens is 529 g/mol. The van der Waals surface area contributed by atoms with Crippen molar-refractivity contribution in [1.29, 1.82) is 0 Å². The molecule has 7 heteroatoms. The molecule has 0 amide bonds. The summed E-state index contributed by atoms with van der Waals surface area (Å²) in [6, 6.07) is 23.7. The Labute approximate surface area is 230 Å². The molecule has 36 heavy (non-hydrogen) atoms. The number of hydrogen-bond acceptors (Lipinski definition) is 1. The molecule has 1 aliphatic heterocycles. The van der Waals surface area contributed by atoms with Crippen LogP contribution in [0.25, 0.3) is 28.0 Å². The minimum absolute atomic E-state index is 0.656. The smallest absolute Gasteiger partial charge is 0.128 e. The molecule has 6 rings (SSSR count). The molecule has 180 valence electrons. The summed E-state index contributed by atoms with van der Waals surface area (Å²) >= 11 is 24.6. The average Bonchev–Trinajstić information content (AvgIpc) is 3.29. The molecular formula is C29H22Cl3N3S. The van der Waals surface area contributed by atoms with E-state index in [4.69, 9.17) is 47.0 Å². The number of nitrogens with one attached hydrogen (secondary N) is 1. The molecule has 3 heterocycles. The van der Waals surface area contributed by atoms with Crippen molar-refractivity contribution in [2.45, 2.75) is 25.8 Å². The average molecular weight is 551 g/mol. The van der Waals surface area contributed by atoms with Crippen molar-refractivity contribution >= 4 is 63.3 Å². The Hall–Kier alpha value is -2.76. The van der Waals surface area contributed by atoms with Gasteiger partial charge in [0.25, 0.3) is 0 Å². The number of imidazole rings is 1. The summed E-state index contributed by atoms with van der Waals surface area (Å²) in [4.78, 5) is 0.656. The van der Waals surface area contributed by atoms with E-state index < -0.39 is 0 Å². The summed E-state index contributed by atoms with van der Waals surface area (Å²) < 4.78 is 4.69. The molecule has 3 aromatic carbocycles. The van der Waals surface area contributed by atoms with E-state index in [1.807, 2.05) is 48.5 Å². The van der Waals surface area contributed by atoms with Gasteiger partial charge in [-0.3, -0.25) is 4.40 Å². The van der Waals surface area contributed by atoms with Gasteiger partial charge >= 0.3 is 0 Å². The van der Waals surface area contributed by atoms with Crippen LogP contribution in [-0.4, -0.2) is 14.0 Å². The van der Waals surface area contributed by atoms with E-state index in [0.717, 1.165) is 64.6 Å². The van der Waals surface area contributed by atoms with Crippen LogP contribution in [0.4, 0.5) is 5.69 Å². The lowest BCUT2D eigenvalue weighted by Crippen LogP contribution is -2.14. The molecule has 0 bridgehead atoms. The van der Waals surface area contributed by atoms with E-state index in [1.165, 1.54) is 11.2 Å². The van der Waals surface area contributed by atoms with Crippen LogP contribution in [0.5, 0.6) is 0 Å². The summed E-state index contributed by atoms with van der Waals surface area (Å²) in [7, 11) is 0. The Balaban J connectivity index is 1.60. The zero-order valence-corrected chi connectivity index (χ0v) is 22.4. The maximum Gasteiger partial charge on any atom is 0.128 e. The van der Waals surface area contributed by atoms with Crippen molar-refractivity contribution in [2.24, 2.45) is 0 Å². The Kier molecular flexibility index (Phi) is 6.30. The third-order valence-corrected chi connectivity index (χ3v) is 7.78. The summed E-state index contributed by atoms with van der Waals surface area (Å²) in [5.74, 6) is 0. The van der Waals surface area contributed by atoms with Crippen LogP contribution in [0.3, 0.4) is 0 Å². The second-order valence-electron chi connectivity index (χ2n) is 8.99. The van der Waals surface area contributed by atoms with Gasteiger partial charge in [-0.05, 0) is 78.9 Å². The first-order chi connectivity index (χ1) is 17.5. The van der Waals surface area contributed by atoms with E-state index in [0.29, 0.717) is 15.0 Å². The highest BCUT2D eigenvalue weighted by atomic mass is 35.5. The number of rotatable bonds is 4. The molecule has 0 spiro atoms. The van der Waals surface area contributed by atoms with Crippen molar-refractivity contribution in [3.63, 3.8) is 0 Å². The molecule has 0 radical (unpaired) electrons. The number of benzene rings is 3. The second kappa shape index (κ2) is 9.60. The third kappa shape index (κ3) is 4.22. The number of aromatic nitrogens is 2. The molecule has 0 fully saturated rings. The van der Waals surface area contributed by atoms with Crippen LogP contribution in [-0.2, 0) is 13.0 Å². The summed E-state index contributed by atoms with van der Waals surface area (Å²) in [5.41, 5.74) is 8.93. The maximum atomic E-state index is 6.25. The van der Waals surface area contributed by atoms with Crippen LogP contribution in [0, 0.1) is 0 Å². The topological polar surface area (TPSA) is 21.4 Å². The van der Waals surface area contributed by atoms with Crippen LogP contribution in [0.15, 0.2) is 79.0 Å². The molecule has 0 atom stereocenters. The van der Waals surface area contributed by atoms with Crippen molar-refractivity contribution in [3.05, 3.63) is 105 Å². The van der Waals surface area contributed by atoms with Crippen LogP contribution >= 0.6 is 47.0 Å². The molecule has 3 nitrogen and oxygen atoms in total. The molecule has 0 unspecified atom stereocenters. The van der Waals surface area contributed by atoms with Gasteiger partial charge in [0, 0.05) is 44.6 Å². The van der Waals surface area contributed by atoms with E-state index in [-0.39, 0.29) is 0 Å². The lowest BCUT2D eigenvalue weighted by Gasteiger charge is -2.12. The molecule has 0 saturated heterocycles. The van der Waals surface area contributed by atoms with Gasteiger partial charge in [0.05, 0.1) is 11.4 Å². The fourth-order valence-electron chi connectivity index (χ4n) is 5.11. The highest BCUT2D eigenvalue weighted by Gasteiger charge is 2.28. The van der Waals surface area contributed by atoms with Gasteiger partial charge in [-0.1, -0.05) is 71.3 Å². The fourth-order valence-corrected chi connectivity index (χ4v) is 5.81. The van der Waals surface area contributed by atoms with Gasteiger partial charge in [0.1, 0.15) is 10.6 Å². The number of hydrogen-bond donors (Lipinski definition) is 1. The Morgan fingerprint density at radius 2 is 1.33 bits per heavy atom. The predicted octanol–water partition coefficient (Wildman–Crippen LogP) is 9.16. The van der Waals surface area contributed by atoms with Gasteiger partial charge < -0.3 is 9.88 Å². The van der Waals surface area contributed by atoms with Crippen LogP contribution < -0.4 is 5.32 Å². The van der Waals surface area contributed by atoms with Crippen molar-refractivity contribution in [2.75, 3.05) is 5.32 Å². The first-order valence-electron chi connectivity index (χ1n) is 11.8. The molecule has 5 aromatic rings. The van der Waals surface area contributed by atoms with Crippen molar-refractivity contribution in [1.82, 2.24) is 8.97 Å². The molecule has 1 aliphatic rings. The molecule has 1 N–H and O–H groups in total. The number of thiocarbonyl (C=S) groups is 1. The van der Waals surface area contributed by atoms with Crippen molar-refractivity contribution < 1.29 is 0 Å². The zero-order chi connectivity index (χ0) is 24.8. The Morgan fingerprint density at radius 3 is 1.97 bits per heavy atom. The number of anilines is 1. The van der Waals surface area contributed by atoms with E-state index in [1.54, 1.807) is 0 Å². The lowest BCUT2D eigenvalue weighted by atomic mass is 9.98. The SMILES string of the molecule is S=C(Nc1ccc(Cl)cc1)c1c(-c2ccc(Cl)cc2)c2c3n(c(-c4ccc(Cl)cc4)cn13)CCCC2. The van der Waals surface area contributed by atoms with Gasteiger partial charge in [-0.15, -0.1) is 0 Å². The minimum Gasteiger partial charge on any atom is -0.345 e. The number of nitrogens with zero attached hydrogens (tertiary/aromatic N) is 2. The summed E-state index contributed by atoms with van der Waals surface area (Å²) in [6.45, 7) is 0.947.